The van der Waals surface area contributed by atoms with E-state index in [9.17, 15) is 4.79 Å². The summed E-state index contributed by atoms with van der Waals surface area (Å²) < 4.78 is 5.56. The Labute approximate surface area is 138 Å². The number of amides is 1. The molecule has 0 fully saturated rings. The summed E-state index contributed by atoms with van der Waals surface area (Å²) in [6.07, 6.45) is 1.02. The Morgan fingerprint density at radius 2 is 1.78 bits per heavy atom. The molecule has 1 amide bonds. The van der Waals surface area contributed by atoms with Gasteiger partial charge in [0, 0.05) is 0 Å². The third kappa shape index (κ3) is 4.85. The van der Waals surface area contributed by atoms with Crippen molar-refractivity contribution < 1.29 is 9.53 Å². The van der Waals surface area contributed by atoms with Gasteiger partial charge in [0.2, 0.25) is 0 Å². The van der Waals surface area contributed by atoms with Crippen LogP contribution in [-0.2, 0) is 11.2 Å². The molecule has 122 valence electrons. The van der Waals surface area contributed by atoms with Gasteiger partial charge in [-0.25, -0.2) is 0 Å². The van der Waals surface area contributed by atoms with E-state index < -0.39 is 0 Å². The van der Waals surface area contributed by atoms with Gasteiger partial charge in [-0.3, -0.25) is 4.79 Å². The lowest BCUT2D eigenvalue weighted by Crippen LogP contribution is -2.31. The predicted octanol–water partition coefficient (Wildman–Crippen LogP) is 4.12. The van der Waals surface area contributed by atoms with Crippen molar-refractivity contribution >= 4 is 5.91 Å². The van der Waals surface area contributed by atoms with Gasteiger partial charge in [0.1, 0.15) is 5.75 Å². The lowest BCUT2D eigenvalue weighted by Gasteiger charge is -2.15. The zero-order chi connectivity index (χ0) is 16.8. The molecule has 0 aliphatic rings. The number of carbonyl (C=O) groups excluding carboxylic acids is 1. The molecule has 0 aromatic heterocycles. The van der Waals surface area contributed by atoms with Gasteiger partial charge in [0.05, 0.1) is 6.04 Å². The van der Waals surface area contributed by atoms with Crippen LogP contribution >= 0.6 is 0 Å². The zero-order valence-electron chi connectivity index (χ0n) is 14.3. The molecule has 0 bridgehead atoms. The van der Waals surface area contributed by atoms with Gasteiger partial charge in [-0.1, -0.05) is 37.3 Å². The van der Waals surface area contributed by atoms with E-state index in [1.165, 1.54) is 11.1 Å². The van der Waals surface area contributed by atoms with Gasteiger partial charge in [-0.05, 0) is 61.6 Å². The fraction of sp³-hybridized carbons (Fsp3) is 0.350. The molecule has 2 aromatic carbocycles. The van der Waals surface area contributed by atoms with E-state index in [0.29, 0.717) is 0 Å². The summed E-state index contributed by atoms with van der Waals surface area (Å²) in [6, 6.07) is 14.1. The van der Waals surface area contributed by atoms with Crippen LogP contribution in [0, 0.1) is 13.8 Å². The smallest absolute Gasteiger partial charge is 0.258 e. The minimum absolute atomic E-state index is 0.0277. The second-order valence-electron chi connectivity index (χ2n) is 5.92. The van der Waals surface area contributed by atoms with Crippen molar-refractivity contribution in [3.8, 4) is 5.75 Å². The second kappa shape index (κ2) is 7.82. The van der Waals surface area contributed by atoms with Crippen molar-refractivity contribution in [1.29, 1.82) is 0 Å². The van der Waals surface area contributed by atoms with Crippen LogP contribution < -0.4 is 10.1 Å². The molecule has 0 aliphatic carbocycles. The molecule has 2 rings (SSSR count). The number of hydrogen-bond donors (Lipinski definition) is 1. The van der Waals surface area contributed by atoms with E-state index in [1.54, 1.807) is 0 Å². The molecule has 0 radical (unpaired) electrons. The normalized spacial score (nSPS) is 11.8. The summed E-state index contributed by atoms with van der Waals surface area (Å²) in [5, 5.41) is 2.97. The summed E-state index contributed by atoms with van der Waals surface area (Å²) >= 11 is 0. The van der Waals surface area contributed by atoms with Gasteiger partial charge >= 0.3 is 0 Å². The largest absolute Gasteiger partial charge is 0.484 e. The summed E-state index contributed by atoms with van der Waals surface area (Å²) in [4.78, 5) is 12.0. The van der Waals surface area contributed by atoms with Crippen molar-refractivity contribution in [2.24, 2.45) is 0 Å². The van der Waals surface area contributed by atoms with Gasteiger partial charge in [-0.15, -0.1) is 0 Å². The number of nitrogens with one attached hydrogen (secondary N) is 1. The van der Waals surface area contributed by atoms with E-state index in [1.807, 2.05) is 32.0 Å². The van der Waals surface area contributed by atoms with Crippen molar-refractivity contribution in [2.45, 2.75) is 40.2 Å². The lowest BCUT2D eigenvalue weighted by molar-refractivity contribution is -0.123. The van der Waals surface area contributed by atoms with Crippen LogP contribution in [0.25, 0.3) is 0 Å². The number of aryl methyl sites for hydroxylation is 3. The highest BCUT2D eigenvalue weighted by atomic mass is 16.5. The first kappa shape index (κ1) is 17.1. The number of benzene rings is 2. The van der Waals surface area contributed by atoms with E-state index in [4.69, 9.17) is 4.74 Å². The van der Waals surface area contributed by atoms with Crippen LogP contribution in [0.3, 0.4) is 0 Å². The molecule has 0 unspecified atom stereocenters. The molecule has 0 aliphatic heterocycles. The van der Waals surface area contributed by atoms with Crippen molar-refractivity contribution in [3.63, 3.8) is 0 Å². The fourth-order valence-corrected chi connectivity index (χ4v) is 2.36. The highest BCUT2D eigenvalue weighted by Gasteiger charge is 2.10. The number of carbonyl (C=O) groups is 1. The van der Waals surface area contributed by atoms with E-state index in [-0.39, 0.29) is 18.6 Å². The van der Waals surface area contributed by atoms with Crippen LogP contribution in [-0.4, -0.2) is 12.5 Å². The second-order valence-corrected chi connectivity index (χ2v) is 5.92. The topological polar surface area (TPSA) is 38.3 Å². The molecule has 23 heavy (non-hydrogen) atoms. The number of hydrogen-bond acceptors (Lipinski definition) is 2. The molecule has 0 saturated carbocycles. The Bertz CT molecular complexity index is 662. The monoisotopic (exact) mass is 311 g/mol. The Kier molecular flexibility index (Phi) is 5.80. The maximum atomic E-state index is 12.0. The van der Waals surface area contributed by atoms with Crippen molar-refractivity contribution in [1.82, 2.24) is 5.32 Å². The average Bonchev–Trinajstić information content (AvgIpc) is 2.56. The van der Waals surface area contributed by atoms with Crippen LogP contribution in [0.1, 0.15) is 42.1 Å². The van der Waals surface area contributed by atoms with Crippen molar-refractivity contribution in [3.05, 3.63) is 64.7 Å². The summed E-state index contributed by atoms with van der Waals surface area (Å²) in [5.41, 5.74) is 4.77. The van der Waals surface area contributed by atoms with E-state index in [2.05, 4.69) is 43.4 Å². The standard InChI is InChI=1S/C20H25NO2/c1-5-17-7-9-18(10-8-17)16(4)21-20(22)13-23-19-11-6-14(2)15(3)12-19/h6-12,16H,5,13H2,1-4H3,(H,21,22)/t16-/m1/s1. The summed E-state index contributed by atoms with van der Waals surface area (Å²) in [5.74, 6) is 0.610. The van der Waals surface area contributed by atoms with Gasteiger partial charge < -0.3 is 10.1 Å². The Morgan fingerprint density at radius 1 is 1.09 bits per heavy atom. The molecule has 0 spiro atoms. The first-order valence-corrected chi connectivity index (χ1v) is 8.08. The van der Waals surface area contributed by atoms with Crippen LogP contribution in [0.15, 0.2) is 42.5 Å². The highest BCUT2D eigenvalue weighted by Crippen LogP contribution is 2.17. The molecular formula is C20H25NO2. The van der Waals surface area contributed by atoms with Gasteiger partial charge in [-0.2, -0.15) is 0 Å². The highest BCUT2D eigenvalue weighted by molar-refractivity contribution is 5.78. The Hall–Kier alpha value is -2.29. The molecule has 3 heteroatoms. The van der Waals surface area contributed by atoms with Gasteiger partial charge in [0.15, 0.2) is 6.61 Å². The minimum Gasteiger partial charge on any atom is -0.484 e. The number of rotatable bonds is 6. The minimum atomic E-state index is -0.115. The molecule has 1 atom stereocenters. The third-order valence-corrected chi connectivity index (χ3v) is 4.11. The molecule has 1 N–H and O–H groups in total. The summed E-state index contributed by atoms with van der Waals surface area (Å²) in [6.45, 7) is 8.22. The van der Waals surface area contributed by atoms with Crippen LogP contribution in [0.4, 0.5) is 0 Å². The summed E-state index contributed by atoms with van der Waals surface area (Å²) in [7, 11) is 0. The maximum Gasteiger partial charge on any atom is 0.258 e. The van der Waals surface area contributed by atoms with Gasteiger partial charge in [0.25, 0.3) is 5.91 Å². The van der Waals surface area contributed by atoms with Crippen molar-refractivity contribution in [2.75, 3.05) is 6.61 Å². The van der Waals surface area contributed by atoms with E-state index >= 15 is 0 Å². The van der Waals surface area contributed by atoms with Crippen LogP contribution in [0.5, 0.6) is 5.75 Å². The molecule has 3 nitrogen and oxygen atoms in total. The van der Waals surface area contributed by atoms with Crippen LogP contribution in [0.2, 0.25) is 0 Å². The lowest BCUT2D eigenvalue weighted by atomic mass is 10.1. The first-order valence-electron chi connectivity index (χ1n) is 8.08. The molecular weight excluding hydrogens is 286 g/mol. The fourth-order valence-electron chi connectivity index (χ4n) is 2.36. The predicted molar refractivity (Wildman–Crippen MR) is 93.8 cm³/mol. The molecule has 0 heterocycles. The average molecular weight is 311 g/mol. The molecule has 2 aromatic rings. The quantitative estimate of drug-likeness (QED) is 0.871. The van der Waals surface area contributed by atoms with E-state index in [0.717, 1.165) is 23.3 Å². The zero-order valence-corrected chi connectivity index (χ0v) is 14.3. The number of ether oxygens (including phenoxy) is 1. The Morgan fingerprint density at radius 3 is 2.39 bits per heavy atom. The SMILES string of the molecule is CCc1ccc([C@@H](C)NC(=O)COc2ccc(C)c(C)c2)cc1. The maximum absolute atomic E-state index is 12.0. The third-order valence-electron chi connectivity index (χ3n) is 4.11. The molecule has 0 saturated heterocycles. The first-order chi connectivity index (χ1) is 11.0. The Balaban J connectivity index is 1.86.